The lowest BCUT2D eigenvalue weighted by Crippen LogP contribution is -2.48. The van der Waals surface area contributed by atoms with E-state index in [0.29, 0.717) is 41.1 Å². The maximum absolute atomic E-state index is 13.8. The van der Waals surface area contributed by atoms with Crippen molar-refractivity contribution in [1.29, 1.82) is 0 Å². The molecule has 0 aliphatic heterocycles. The summed E-state index contributed by atoms with van der Waals surface area (Å²) < 4.78 is 33.4. The number of rotatable bonds is 12. The fraction of sp³-hybridized carbons (Fsp3) is 0.333. The minimum Gasteiger partial charge on any atom is -0.441 e. The van der Waals surface area contributed by atoms with Crippen LogP contribution in [0.2, 0.25) is 0 Å². The summed E-state index contributed by atoms with van der Waals surface area (Å²) in [7, 11) is 0. The number of aliphatic hydroxyl groups excluding tert-OH is 1. The molecule has 0 fully saturated rings. The van der Waals surface area contributed by atoms with Crippen LogP contribution in [0.25, 0.3) is 11.1 Å². The summed E-state index contributed by atoms with van der Waals surface area (Å²) in [4.78, 5) is 17.6. The first-order chi connectivity index (χ1) is 18.3. The van der Waals surface area contributed by atoms with Gasteiger partial charge in [0.25, 0.3) is 5.91 Å². The van der Waals surface area contributed by atoms with E-state index in [2.05, 4.69) is 34.7 Å². The van der Waals surface area contributed by atoms with Crippen LogP contribution in [0.5, 0.6) is 0 Å². The number of amides is 1. The zero-order valence-corrected chi connectivity index (χ0v) is 21.6. The van der Waals surface area contributed by atoms with E-state index in [1.54, 1.807) is 18.2 Å². The largest absolute Gasteiger partial charge is 0.441 e. The van der Waals surface area contributed by atoms with Gasteiger partial charge >= 0.3 is 0 Å². The highest BCUT2D eigenvalue weighted by Crippen LogP contribution is 2.19. The molecule has 0 aliphatic rings. The van der Waals surface area contributed by atoms with Gasteiger partial charge in [-0.1, -0.05) is 38.1 Å². The number of aliphatic hydroxyl groups is 1. The monoisotopic (exact) mass is 521 g/mol. The summed E-state index contributed by atoms with van der Waals surface area (Å²) in [6.07, 6.45) is 1.53. The summed E-state index contributed by atoms with van der Waals surface area (Å²) in [5, 5.41) is 17.1. The zero-order chi connectivity index (χ0) is 27.1. The molecule has 0 aliphatic carbocycles. The van der Waals surface area contributed by atoms with Crippen molar-refractivity contribution < 1.29 is 23.1 Å². The Hall–Kier alpha value is -3.62. The van der Waals surface area contributed by atoms with Gasteiger partial charge in [-0.2, -0.15) is 0 Å². The van der Waals surface area contributed by atoms with E-state index in [1.165, 1.54) is 17.7 Å². The second-order valence-corrected chi connectivity index (χ2v) is 9.47. The number of halogens is 2. The van der Waals surface area contributed by atoms with Gasteiger partial charge in [-0.15, -0.1) is 0 Å². The molecule has 6 nitrogen and oxygen atoms in total. The molecule has 3 aromatic carbocycles. The van der Waals surface area contributed by atoms with Gasteiger partial charge in [-0.3, -0.25) is 4.79 Å². The third-order valence-electron chi connectivity index (χ3n) is 6.40. The normalized spacial score (nSPS) is 13.0. The summed E-state index contributed by atoms with van der Waals surface area (Å²) in [6, 6.07) is 15.5. The number of hydrogen-bond acceptors (Lipinski definition) is 5. The average Bonchev–Trinajstić information content (AvgIpc) is 3.29. The van der Waals surface area contributed by atoms with Gasteiger partial charge in [0.05, 0.1) is 12.1 Å². The van der Waals surface area contributed by atoms with Crippen molar-refractivity contribution in [2.24, 2.45) is 0 Å². The molecule has 0 bridgehead atoms. The molecule has 0 radical (unpaired) electrons. The van der Waals surface area contributed by atoms with Crippen LogP contribution in [0.1, 0.15) is 53.2 Å². The Kier molecular flexibility index (Phi) is 9.20. The lowest BCUT2D eigenvalue weighted by molar-refractivity contribution is 0.0830. The van der Waals surface area contributed by atoms with Gasteiger partial charge < -0.3 is 20.2 Å². The minimum absolute atomic E-state index is 0.0431. The Balaban J connectivity index is 1.48. The molecule has 0 saturated carbocycles. The van der Waals surface area contributed by atoms with Crippen molar-refractivity contribution in [3.05, 3.63) is 100 Å². The van der Waals surface area contributed by atoms with Gasteiger partial charge in [-0.05, 0) is 66.3 Å². The molecular formula is C30H33F2N3O3. The Morgan fingerprint density at radius 1 is 1.00 bits per heavy atom. The number of carbonyl (C=O) groups excluding carboxylic acids is 1. The molecule has 2 atom stereocenters. The van der Waals surface area contributed by atoms with Gasteiger partial charge in [-0.25, -0.2) is 13.8 Å². The topological polar surface area (TPSA) is 87.4 Å². The SMILES string of the molecule is CCCc1nc2cc(C(=O)N[C@@H](Cc3cc(F)cc(F)c3)[C@@H](O)CNCc3cccc(CC)c3)ccc2o1. The second-order valence-electron chi connectivity index (χ2n) is 9.47. The summed E-state index contributed by atoms with van der Waals surface area (Å²) in [6.45, 7) is 4.81. The third-order valence-corrected chi connectivity index (χ3v) is 6.40. The van der Waals surface area contributed by atoms with Gasteiger partial charge in [0, 0.05) is 31.1 Å². The lowest BCUT2D eigenvalue weighted by Gasteiger charge is -2.25. The van der Waals surface area contributed by atoms with E-state index in [9.17, 15) is 18.7 Å². The van der Waals surface area contributed by atoms with Crippen LogP contribution in [0.15, 0.2) is 65.1 Å². The number of nitrogens with one attached hydrogen (secondary N) is 2. The molecule has 1 amide bonds. The molecule has 38 heavy (non-hydrogen) atoms. The number of oxazole rings is 1. The molecule has 0 spiro atoms. The molecule has 4 aromatic rings. The summed E-state index contributed by atoms with van der Waals surface area (Å²) >= 11 is 0. The van der Waals surface area contributed by atoms with Crippen LogP contribution < -0.4 is 10.6 Å². The highest BCUT2D eigenvalue weighted by molar-refractivity contribution is 5.97. The summed E-state index contributed by atoms with van der Waals surface area (Å²) in [5.74, 6) is -1.25. The standard InChI is InChI=1S/C30H33F2N3O3/c1-3-6-29-34-26-15-22(9-10-28(26)38-29)30(37)35-25(14-21-12-23(31)16-24(32)13-21)27(36)18-33-17-20-8-5-7-19(4-2)11-20/h5,7-13,15-16,25,27,33,36H,3-4,6,14,17-18H2,1-2H3,(H,35,37)/t25-,27-/m0/s1. The number of aryl methyl sites for hydroxylation is 2. The quantitative estimate of drug-likeness (QED) is 0.241. The van der Waals surface area contributed by atoms with Gasteiger partial charge in [0.15, 0.2) is 11.5 Å². The first kappa shape index (κ1) is 27.4. The minimum atomic E-state index is -1.02. The smallest absolute Gasteiger partial charge is 0.251 e. The molecule has 0 unspecified atom stereocenters. The van der Waals surface area contributed by atoms with Crippen molar-refractivity contribution in [3.63, 3.8) is 0 Å². The van der Waals surface area contributed by atoms with Crippen LogP contribution in [0, 0.1) is 11.6 Å². The van der Waals surface area contributed by atoms with E-state index in [-0.39, 0.29) is 13.0 Å². The number of benzene rings is 3. The Morgan fingerprint density at radius 3 is 2.50 bits per heavy atom. The molecule has 200 valence electrons. The molecule has 1 aromatic heterocycles. The van der Waals surface area contributed by atoms with Crippen LogP contribution in [-0.2, 0) is 25.8 Å². The van der Waals surface area contributed by atoms with Crippen LogP contribution in [-0.4, -0.2) is 34.7 Å². The number of nitrogens with zero attached hydrogens (tertiary/aromatic N) is 1. The number of hydrogen-bond donors (Lipinski definition) is 3. The lowest BCUT2D eigenvalue weighted by atomic mass is 10.00. The van der Waals surface area contributed by atoms with Crippen molar-refractivity contribution in [3.8, 4) is 0 Å². The Morgan fingerprint density at radius 2 is 1.76 bits per heavy atom. The average molecular weight is 522 g/mol. The first-order valence-electron chi connectivity index (χ1n) is 13.0. The third kappa shape index (κ3) is 7.24. The fourth-order valence-electron chi connectivity index (χ4n) is 4.42. The maximum Gasteiger partial charge on any atom is 0.251 e. The summed E-state index contributed by atoms with van der Waals surface area (Å²) in [5.41, 5.74) is 4.13. The molecule has 8 heteroatoms. The van der Waals surface area contributed by atoms with E-state index in [4.69, 9.17) is 4.42 Å². The molecular weight excluding hydrogens is 488 g/mol. The van der Waals surface area contributed by atoms with Gasteiger partial charge in [0.1, 0.15) is 17.2 Å². The first-order valence-corrected chi connectivity index (χ1v) is 13.0. The highest BCUT2D eigenvalue weighted by atomic mass is 19.1. The zero-order valence-electron chi connectivity index (χ0n) is 21.6. The predicted molar refractivity (Wildman–Crippen MR) is 143 cm³/mol. The van der Waals surface area contributed by atoms with Crippen molar-refractivity contribution in [2.45, 2.75) is 58.2 Å². The van der Waals surface area contributed by atoms with E-state index in [0.717, 1.165) is 24.5 Å². The van der Waals surface area contributed by atoms with Crippen molar-refractivity contribution >= 4 is 17.0 Å². The van der Waals surface area contributed by atoms with Gasteiger partial charge in [0.2, 0.25) is 0 Å². The molecule has 0 saturated heterocycles. The van der Waals surface area contributed by atoms with E-state index >= 15 is 0 Å². The highest BCUT2D eigenvalue weighted by Gasteiger charge is 2.23. The van der Waals surface area contributed by atoms with E-state index in [1.807, 2.05) is 19.1 Å². The van der Waals surface area contributed by atoms with Crippen LogP contribution >= 0.6 is 0 Å². The molecule has 3 N–H and O–H groups in total. The van der Waals surface area contributed by atoms with E-state index < -0.39 is 29.7 Å². The molecule has 1 heterocycles. The van der Waals surface area contributed by atoms with Crippen LogP contribution in [0.3, 0.4) is 0 Å². The Bertz CT molecular complexity index is 1370. The van der Waals surface area contributed by atoms with Crippen molar-refractivity contribution in [2.75, 3.05) is 6.54 Å². The number of carbonyl (C=O) groups is 1. The second kappa shape index (κ2) is 12.8. The van der Waals surface area contributed by atoms with Crippen molar-refractivity contribution in [1.82, 2.24) is 15.6 Å². The maximum atomic E-state index is 13.8. The predicted octanol–water partition coefficient (Wildman–Crippen LogP) is 5.11. The number of fused-ring (bicyclic) bond motifs is 1. The fourth-order valence-corrected chi connectivity index (χ4v) is 4.42. The van der Waals surface area contributed by atoms with Crippen LogP contribution in [0.4, 0.5) is 8.78 Å². The number of aromatic nitrogens is 1. The molecule has 4 rings (SSSR count). The Labute approximate surface area is 221 Å².